The van der Waals surface area contributed by atoms with Crippen LogP contribution in [0.2, 0.25) is 0 Å². The fraction of sp³-hybridized carbons (Fsp3) is 0.500. The van der Waals surface area contributed by atoms with Crippen LogP contribution < -0.4 is 9.47 Å². The molecule has 1 fully saturated rings. The first kappa shape index (κ1) is 12.6. The van der Waals surface area contributed by atoms with Crippen LogP contribution in [0.25, 0.3) is 0 Å². The predicted octanol–water partition coefficient (Wildman–Crippen LogP) is 2.06. The van der Waals surface area contributed by atoms with Crippen LogP contribution in [0.5, 0.6) is 11.5 Å². The van der Waals surface area contributed by atoms with Crippen molar-refractivity contribution in [3.63, 3.8) is 0 Å². The van der Waals surface area contributed by atoms with E-state index in [0.717, 1.165) is 19.4 Å². The summed E-state index contributed by atoms with van der Waals surface area (Å²) in [5, 5.41) is 0.0505. The first-order valence-electron chi connectivity index (χ1n) is 6.55. The molecule has 0 aromatic heterocycles. The number of benzene rings is 1. The molecule has 1 amide bonds. The summed E-state index contributed by atoms with van der Waals surface area (Å²) >= 11 is 6.11. The Morgan fingerprint density at radius 3 is 2.89 bits per heavy atom. The van der Waals surface area contributed by atoms with Gasteiger partial charge in [0.2, 0.25) is 6.10 Å². The number of hydrogen-bond donors (Lipinski definition) is 0. The molecule has 1 aromatic carbocycles. The van der Waals surface area contributed by atoms with E-state index >= 15 is 0 Å². The lowest BCUT2D eigenvalue weighted by atomic mass is 10.1. The van der Waals surface area contributed by atoms with Gasteiger partial charge in [0.1, 0.15) is 6.61 Å². The molecule has 1 saturated heterocycles. The van der Waals surface area contributed by atoms with Crippen LogP contribution in [-0.2, 0) is 4.79 Å². The molecule has 0 radical (unpaired) electrons. The Balaban J connectivity index is 1.69. The van der Waals surface area contributed by atoms with E-state index < -0.39 is 6.10 Å². The number of fused-ring (bicyclic) bond motifs is 1. The second-order valence-corrected chi connectivity index (χ2v) is 5.51. The number of hydrogen-bond acceptors (Lipinski definition) is 3. The normalized spacial score (nSPS) is 26.1. The minimum atomic E-state index is -0.558. The highest BCUT2D eigenvalue weighted by Crippen LogP contribution is 2.31. The number of halogens is 1. The zero-order valence-electron chi connectivity index (χ0n) is 10.5. The molecule has 3 rings (SSSR count). The lowest BCUT2D eigenvalue weighted by Gasteiger charge is -2.34. The Labute approximate surface area is 117 Å². The number of carbonyl (C=O) groups excluding carboxylic acids is 1. The minimum absolute atomic E-state index is 0.0279. The van der Waals surface area contributed by atoms with Gasteiger partial charge in [0.25, 0.3) is 5.91 Å². The van der Waals surface area contributed by atoms with Crippen molar-refractivity contribution in [1.82, 2.24) is 4.90 Å². The summed E-state index contributed by atoms with van der Waals surface area (Å²) in [7, 11) is 0. The fourth-order valence-electron chi connectivity index (χ4n) is 2.47. The van der Waals surface area contributed by atoms with E-state index in [9.17, 15) is 4.79 Å². The Kier molecular flexibility index (Phi) is 3.51. The molecule has 4 nitrogen and oxygen atoms in total. The highest BCUT2D eigenvalue weighted by molar-refractivity contribution is 6.20. The molecule has 102 valence electrons. The molecule has 2 aliphatic rings. The van der Waals surface area contributed by atoms with Crippen LogP contribution in [0.4, 0.5) is 0 Å². The van der Waals surface area contributed by atoms with Crippen LogP contribution >= 0.6 is 11.6 Å². The molecule has 2 heterocycles. The van der Waals surface area contributed by atoms with E-state index in [1.807, 2.05) is 24.3 Å². The van der Waals surface area contributed by atoms with Gasteiger partial charge >= 0.3 is 0 Å². The van der Waals surface area contributed by atoms with Crippen molar-refractivity contribution in [2.24, 2.45) is 0 Å². The van der Waals surface area contributed by atoms with E-state index in [-0.39, 0.29) is 17.9 Å². The molecular formula is C14H16ClNO3. The maximum atomic E-state index is 12.4. The summed E-state index contributed by atoms with van der Waals surface area (Å²) in [4.78, 5) is 14.2. The number of alkyl halides is 1. The van der Waals surface area contributed by atoms with Crippen molar-refractivity contribution in [2.45, 2.75) is 24.3 Å². The van der Waals surface area contributed by atoms with Crippen LogP contribution in [0.15, 0.2) is 24.3 Å². The molecule has 2 unspecified atom stereocenters. The molecule has 5 heteroatoms. The standard InChI is InChI=1S/C14H16ClNO3/c15-10-4-3-7-16(8-10)14(17)13-9-18-11-5-1-2-6-12(11)19-13/h1-2,5-6,10,13H,3-4,7-9H2. The Bertz CT molecular complexity index is 480. The Morgan fingerprint density at radius 2 is 2.11 bits per heavy atom. The third kappa shape index (κ3) is 2.63. The molecule has 0 spiro atoms. The third-order valence-electron chi connectivity index (χ3n) is 3.46. The first-order valence-corrected chi connectivity index (χ1v) is 6.99. The van der Waals surface area contributed by atoms with Gasteiger partial charge in [0.05, 0.1) is 5.38 Å². The molecule has 2 aliphatic heterocycles. The summed E-state index contributed by atoms with van der Waals surface area (Å²) < 4.78 is 11.3. The smallest absolute Gasteiger partial charge is 0.267 e. The molecule has 0 N–H and O–H groups in total. The van der Waals surface area contributed by atoms with Crippen LogP contribution in [0.3, 0.4) is 0 Å². The maximum Gasteiger partial charge on any atom is 0.267 e. The lowest BCUT2D eigenvalue weighted by molar-refractivity contribution is -0.142. The number of para-hydroxylation sites is 2. The average Bonchev–Trinajstić information content (AvgIpc) is 2.46. The van der Waals surface area contributed by atoms with Crippen molar-refractivity contribution in [3.8, 4) is 11.5 Å². The van der Waals surface area contributed by atoms with Crippen LogP contribution in [-0.4, -0.2) is 42.0 Å². The number of likely N-dealkylation sites (tertiary alicyclic amines) is 1. The van der Waals surface area contributed by atoms with E-state index in [1.165, 1.54) is 0 Å². The van der Waals surface area contributed by atoms with Gasteiger partial charge in [0, 0.05) is 13.1 Å². The second-order valence-electron chi connectivity index (χ2n) is 4.89. The van der Waals surface area contributed by atoms with Gasteiger partial charge in [-0.3, -0.25) is 4.79 Å². The summed E-state index contributed by atoms with van der Waals surface area (Å²) in [5.41, 5.74) is 0. The molecule has 0 saturated carbocycles. The topological polar surface area (TPSA) is 38.8 Å². The van der Waals surface area contributed by atoms with Gasteiger partial charge < -0.3 is 14.4 Å². The minimum Gasteiger partial charge on any atom is -0.485 e. The van der Waals surface area contributed by atoms with Crippen molar-refractivity contribution in [2.75, 3.05) is 19.7 Å². The highest BCUT2D eigenvalue weighted by atomic mass is 35.5. The SMILES string of the molecule is O=C(C1COc2ccccc2O1)N1CCCC(Cl)C1. The van der Waals surface area contributed by atoms with Gasteiger partial charge in [-0.25, -0.2) is 0 Å². The van der Waals surface area contributed by atoms with E-state index in [1.54, 1.807) is 4.90 Å². The number of amides is 1. The number of rotatable bonds is 1. The average molecular weight is 282 g/mol. The van der Waals surface area contributed by atoms with Crippen LogP contribution in [0.1, 0.15) is 12.8 Å². The maximum absolute atomic E-state index is 12.4. The number of nitrogens with zero attached hydrogens (tertiary/aromatic N) is 1. The predicted molar refractivity (Wildman–Crippen MR) is 71.8 cm³/mol. The number of piperidine rings is 1. The highest BCUT2D eigenvalue weighted by Gasteiger charge is 2.33. The summed E-state index contributed by atoms with van der Waals surface area (Å²) in [6.45, 7) is 1.62. The largest absolute Gasteiger partial charge is 0.485 e. The number of ether oxygens (including phenoxy) is 2. The van der Waals surface area contributed by atoms with Gasteiger partial charge in [0.15, 0.2) is 11.5 Å². The second kappa shape index (κ2) is 5.29. The lowest BCUT2D eigenvalue weighted by Crippen LogP contribution is -2.50. The molecule has 0 aliphatic carbocycles. The Hall–Kier alpha value is -1.42. The third-order valence-corrected chi connectivity index (χ3v) is 3.82. The summed E-state index contributed by atoms with van der Waals surface area (Å²) in [5.74, 6) is 1.30. The molecule has 19 heavy (non-hydrogen) atoms. The van der Waals surface area contributed by atoms with E-state index in [0.29, 0.717) is 18.0 Å². The first-order chi connectivity index (χ1) is 9.24. The monoisotopic (exact) mass is 281 g/mol. The van der Waals surface area contributed by atoms with E-state index in [2.05, 4.69) is 0 Å². The molecule has 0 bridgehead atoms. The van der Waals surface area contributed by atoms with Crippen molar-refractivity contribution >= 4 is 17.5 Å². The zero-order valence-corrected chi connectivity index (χ0v) is 11.3. The van der Waals surface area contributed by atoms with Gasteiger partial charge in [-0.1, -0.05) is 12.1 Å². The van der Waals surface area contributed by atoms with Crippen molar-refractivity contribution in [1.29, 1.82) is 0 Å². The fourth-order valence-corrected chi connectivity index (χ4v) is 2.79. The summed E-state index contributed by atoms with van der Waals surface area (Å²) in [6.07, 6.45) is 1.36. The molecule has 1 aromatic rings. The molecular weight excluding hydrogens is 266 g/mol. The zero-order chi connectivity index (χ0) is 13.2. The van der Waals surface area contributed by atoms with E-state index in [4.69, 9.17) is 21.1 Å². The molecule has 2 atom stereocenters. The van der Waals surface area contributed by atoms with Gasteiger partial charge in [-0.15, -0.1) is 11.6 Å². The van der Waals surface area contributed by atoms with Gasteiger partial charge in [-0.05, 0) is 25.0 Å². The summed E-state index contributed by atoms with van der Waals surface area (Å²) in [6, 6.07) is 7.40. The number of carbonyl (C=O) groups is 1. The van der Waals surface area contributed by atoms with Crippen LogP contribution in [0, 0.1) is 0 Å². The van der Waals surface area contributed by atoms with Gasteiger partial charge in [-0.2, -0.15) is 0 Å². The van der Waals surface area contributed by atoms with Crippen molar-refractivity contribution in [3.05, 3.63) is 24.3 Å². The Morgan fingerprint density at radius 1 is 1.32 bits per heavy atom. The quantitative estimate of drug-likeness (QED) is 0.740. The van der Waals surface area contributed by atoms with Crippen molar-refractivity contribution < 1.29 is 14.3 Å².